The minimum atomic E-state index is -3.68. The van der Waals surface area contributed by atoms with E-state index in [1.165, 1.54) is 4.31 Å². The van der Waals surface area contributed by atoms with E-state index in [0.717, 1.165) is 11.1 Å². The third-order valence-corrected chi connectivity index (χ3v) is 5.90. The second-order valence-corrected chi connectivity index (χ2v) is 8.09. The Morgan fingerprint density at radius 3 is 2.20 bits per heavy atom. The minimum absolute atomic E-state index is 0.234. The minimum Gasteiger partial charge on any atom is -0.262 e. The van der Waals surface area contributed by atoms with Crippen LogP contribution in [0.5, 0.6) is 0 Å². The van der Waals surface area contributed by atoms with Crippen molar-refractivity contribution in [1.29, 1.82) is 0 Å². The van der Waals surface area contributed by atoms with E-state index in [9.17, 15) is 8.42 Å². The van der Waals surface area contributed by atoms with Crippen LogP contribution in [-0.2, 0) is 16.6 Å². The van der Waals surface area contributed by atoms with Crippen molar-refractivity contribution in [2.75, 3.05) is 4.31 Å². The second kappa shape index (κ2) is 7.30. The summed E-state index contributed by atoms with van der Waals surface area (Å²) in [6, 6.07) is 23.2. The molecule has 0 saturated heterocycles. The lowest BCUT2D eigenvalue weighted by Crippen LogP contribution is -2.30. The van der Waals surface area contributed by atoms with Crippen molar-refractivity contribution < 1.29 is 8.42 Å². The molecule has 0 unspecified atom stereocenters. The molecule has 3 aromatic carbocycles. The van der Waals surface area contributed by atoms with Gasteiger partial charge in [0.25, 0.3) is 10.0 Å². The highest BCUT2D eigenvalue weighted by atomic mass is 35.5. The molecule has 0 saturated carbocycles. The summed E-state index contributed by atoms with van der Waals surface area (Å²) < 4.78 is 27.9. The summed E-state index contributed by atoms with van der Waals surface area (Å²) in [6.45, 7) is 2.18. The number of nitrogens with zero attached hydrogens (tertiary/aromatic N) is 1. The van der Waals surface area contributed by atoms with E-state index in [2.05, 4.69) is 0 Å². The highest BCUT2D eigenvalue weighted by Gasteiger charge is 2.25. The summed E-state index contributed by atoms with van der Waals surface area (Å²) in [5, 5.41) is 0.622. The van der Waals surface area contributed by atoms with Crippen LogP contribution in [0, 0.1) is 6.92 Å². The van der Waals surface area contributed by atoms with E-state index in [0.29, 0.717) is 10.7 Å². The molecule has 5 heteroatoms. The van der Waals surface area contributed by atoms with E-state index in [4.69, 9.17) is 11.6 Å². The fourth-order valence-electron chi connectivity index (χ4n) is 2.57. The van der Waals surface area contributed by atoms with Gasteiger partial charge in [0.15, 0.2) is 0 Å². The van der Waals surface area contributed by atoms with Crippen molar-refractivity contribution in [2.24, 2.45) is 0 Å². The predicted molar refractivity (Wildman–Crippen MR) is 102 cm³/mol. The van der Waals surface area contributed by atoms with Gasteiger partial charge in [-0.25, -0.2) is 8.42 Å². The van der Waals surface area contributed by atoms with Gasteiger partial charge < -0.3 is 0 Å². The van der Waals surface area contributed by atoms with Gasteiger partial charge in [0.05, 0.1) is 17.1 Å². The lowest BCUT2D eigenvalue weighted by molar-refractivity contribution is 0.590. The number of hydrogen-bond acceptors (Lipinski definition) is 2. The van der Waals surface area contributed by atoms with Crippen LogP contribution < -0.4 is 4.31 Å². The molecule has 3 aromatic rings. The van der Waals surface area contributed by atoms with Crippen LogP contribution in [0.4, 0.5) is 5.69 Å². The Morgan fingerprint density at radius 2 is 1.56 bits per heavy atom. The standard InChI is InChI=1S/C20H18ClNO2S/c1-16-6-5-7-19(14-16)22(15-17-10-12-18(21)13-11-17)25(23,24)20-8-3-2-4-9-20/h2-14H,15H2,1H3. The predicted octanol–water partition coefficient (Wildman–Crippen LogP) is 5.04. The maximum Gasteiger partial charge on any atom is 0.264 e. The normalized spacial score (nSPS) is 11.3. The number of halogens is 1. The molecule has 0 radical (unpaired) electrons. The first-order valence-corrected chi connectivity index (χ1v) is 9.67. The average Bonchev–Trinajstić information content (AvgIpc) is 2.62. The van der Waals surface area contributed by atoms with Gasteiger partial charge in [0, 0.05) is 5.02 Å². The lowest BCUT2D eigenvalue weighted by Gasteiger charge is -2.25. The van der Waals surface area contributed by atoms with Crippen LogP contribution in [0.3, 0.4) is 0 Å². The summed E-state index contributed by atoms with van der Waals surface area (Å²) in [7, 11) is -3.68. The molecule has 0 atom stereocenters. The Hall–Kier alpha value is -2.30. The van der Waals surface area contributed by atoms with Gasteiger partial charge in [-0.2, -0.15) is 0 Å². The fourth-order valence-corrected chi connectivity index (χ4v) is 4.17. The highest BCUT2D eigenvalue weighted by molar-refractivity contribution is 7.92. The number of rotatable bonds is 5. The SMILES string of the molecule is Cc1cccc(N(Cc2ccc(Cl)cc2)S(=O)(=O)c2ccccc2)c1. The molecule has 0 aliphatic rings. The topological polar surface area (TPSA) is 37.4 Å². The van der Waals surface area contributed by atoms with E-state index >= 15 is 0 Å². The van der Waals surface area contributed by atoms with Crippen LogP contribution in [0.1, 0.15) is 11.1 Å². The van der Waals surface area contributed by atoms with Gasteiger partial charge in [0.2, 0.25) is 0 Å². The zero-order valence-electron chi connectivity index (χ0n) is 13.8. The summed E-state index contributed by atoms with van der Waals surface area (Å²) in [5.74, 6) is 0. The van der Waals surface area contributed by atoms with Gasteiger partial charge in [-0.05, 0) is 54.4 Å². The lowest BCUT2D eigenvalue weighted by atomic mass is 10.2. The van der Waals surface area contributed by atoms with Gasteiger partial charge in [-0.3, -0.25) is 4.31 Å². The smallest absolute Gasteiger partial charge is 0.262 e. The Balaban J connectivity index is 2.07. The molecule has 0 aromatic heterocycles. The number of aryl methyl sites for hydroxylation is 1. The van der Waals surface area contributed by atoms with Crippen LogP contribution in [-0.4, -0.2) is 8.42 Å². The van der Waals surface area contributed by atoms with Crippen LogP contribution in [0.2, 0.25) is 5.02 Å². The van der Waals surface area contributed by atoms with Gasteiger partial charge >= 0.3 is 0 Å². The van der Waals surface area contributed by atoms with Crippen molar-refractivity contribution in [3.63, 3.8) is 0 Å². The number of hydrogen-bond donors (Lipinski definition) is 0. The molecule has 0 spiro atoms. The molecule has 0 N–H and O–H groups in total. The van der Waals surface area contributed by atoms with E-state index < -0.39 is 10.0 Å². The molecule has 128 valence electrons. The summed E-state index contributed by atoms with van der Waals surface area (Å²) in [6.07, 6.45) is 0. The van der Waals surface area contributed by atoms with Gasteiger partial charge in [-0.15, -0.1) is 0 Å². The number of benzene rings is 3. The zero-order valence-corrected chi connectivity index (χ0v) is 15.3. The molecular formula is C20H18ClNO2S. The quantitative estimate of drug-likeness (QED) is 0.629. The van der Waals surface area contributed by atoms with Gasteiger partial charge in [0.1, 0.15) is 0 Å². The first-order valence-electron chi connectivity index (χ1n) is 7.86. The van der Waals surface area contributed by atoms with Crippen LogP contribution in [0.25, 0.3) is 0 Å². The largest absolute Gasteiger partial charge is 0.264 e. The molecule has 3 nitrogen and oxygen atoms in total. The second-order valence-electron chi connectivity index (χ2n) is 5.79. The first kappa shape index (κ1) is 17.5. The number of anilines is 1. The molecule has 0 aliphatic heterocycles. The summed E-state index contributed by atoms with van der Waals surface area (Å²) >= 11 is 5.94. The zero-order chi connectivity index (χ0) is 17.9. The van der Waals surface area contributed by atoms with Crippen molar-refractivity contribution in [3.8, 4) is 0 Å². The third-order valence-electron chi connectivity index (χ3n) is 3.86. The number of sulfonamides is 1. The van der Waals surface area contributed by atoms with Crippen molar-refractivity contribution in [2.45, 2.75) is 18.4 Å². The van der Waals surface area contributed by atoms with Crippen molar-refractivity contribution in [3.05, 3.63) is 95.0 Å². The molecule has 0 aliphatic carbocycles. The highest BCUT2D eigenvalue weighted by Crippen LogP contribution is 2.27. The molecule has 0 fully saturated rings. The molecule has 3 rings (SSSR count). The van der Waals surface area contributed by atoms with Crippen molar-refractivity contribution in [1.82, 2.24) is 0 Å². The van der Waals surface area contributed by atoms with E-state index in [-0.39, 0.29) is 11.4 Å². The summed E-state index contributed by atoms with van der Waals surface area (Å²) in [4.78, 5) is 0.269. The fraction of sp³-hybridized carbons (Fsp3) is 0.100. The summed E-state index contributed by atoms with van der Waals surface area (Å²) in [5.41, 5.74) is 2.51. The maximum atomic E-state index is 13.2. The Bertz CT molecular complexity index is 955. The van der Waals surface area contributed by atoms with E-state index in [1.807, 2.05) is 43.3 Å². The van der Waals surface area contributed by atoms with E-state index in [1.54, 1.807) is 42.5 Å². The molecule has 0 heterocycles. The van der Waals surface area contributed by atoms with Crippen LogP contribution in [0.15, 0.2) is 83.8 Å². The Morgan fingerprint density at radius 1 is 0.880 bits per heavy atom. The third kappa shape index (κ3) is 4.03. The maximum absolute atomic E-state index is 13.2. The molecular weight excluding hydrogens is 354 g/mol. The molecule has 0 bridgehead atoms. The van der Waals surface area contributed by atoms with Crippen molar-refractivity contribution >= 4 is 27.3 Å². The average molecular weight is 372 g/mol. The Labute approximate surface area is 153 Å². The van der Waals surface area contributed by atoms with Crippen LogP contribution >= 0.6 is 11.6 Å². The molecule has 0 amide bonds. The van der Waals surface area contributed by atoms with Gasteiger partial charge in [-0.1, -0.05) is 54.1 Å². The Kier molecular flexibility index (Phi) is 5.11. The first-order chi connectivity index (χ1) is 12.0. The monoisotopic (exact) mass is 371 g/mol. The molecule has 25 heavy (non-hydrogen) atoms.